The van der Waals surface area contributed by atoms with E-state index in [0.29, 0.717) is 30.8 Å². The van der Waals surface area contributed by atoms with Crippen molar-refractivity contribution in [3.05, 3.63) is 24.3 Å². The van der Waals surface area contributed by atoms with Gasteiger partial charge in [-0.1, -0.05) is 13.0 Å². The van der Waals surface area contributed by atoms with Crippen molar-refractivity contribution in [2.45, 2.75) is 32.2 Å². The van der Waals surface area contributed by atoms with Gasteiger partial charge in [0.25, 0.3) is 0 Å². The molecule has 0 saturated carbocycles. The lowest BCUT2D eigenvalue weighted by atomic mass is 9.96. The fourth-order valence-electron chi connectivity index (χ4n) is 2.94. The van der Waals surface area contributed by atoms with Crippen LogP contribution in [0.3, 0.4) is 0 Å². The van der Waals surface area contributed by atoms with Gasteiger partial charge < -0.3 is 16.2 Å². The minimum absolute atomic E-state index is 0.112. The second kappa shape index (κ2) is 7.26. The molecule has 0 radical (unpaired) electrons. The number of nitrogens with zero attached hydrogens (tertiary/aromatic N) is 1. The predicted octanol–water partition coefficient (Wildman–Crippen LogP) is 1.78. The van der Waals surface area contributed by atoms with Crippen LogP contribution in [0.15, 0.2) is 24.3 Å². The number of hydrogen-bond acceptors (Lipinski definition) is 4. The zero-order valence-corrected chi connectivity index (χ0v) is 12.8. The average molecular weight is 305 g/mol. The number of likely N-dealkylation sites (tertiary alicyclic amines) is 1. The van der Waals surface area contributed by atoms with E-state index in [1.165, 1.54) is 0 Å². The van der Waals surface area contributed by atoms with E-state index < -0.39 is 5.97 Å². The average Bonchev–Trinajstić information content (AvgIpc) is 2.48. The smallest absolute Gasteiger partial charge is 0.307 e. The molecule has 1 aromatic carbocycles. The fraction of sp³-hybridized carbons (Fsp3) is 0.500. The number of anilines is 2. The lowest BCUT2D eigenvalue weighted by Crippen LogP contribution is -2.49. The second-order valence-electron chi connectivity index (χ2n) is 5.71. The quantitative estimate of drug-likeness (QED) is 0.721. The monoisotopic (exact) mass is 305 g/mol. The first-order valence-electron chi connectivity index (χ1n) is 7.64. The number of benzene rings is 1. The van der Waals surface area contributed by atoms with Crippen molar-refractivity contribution in [1.29, 1.82) is 0 Å². The van der Waals surface area contributed by atoms with Gasteiger partial charge in [-0.25, -0.2) is 0 Å². The topological polar surface area (TPSA) is 95.7 Å². The van der Waals surface area contributed by atoms with Crippen LogP contribution < -0.4 is 11.1 Å². The summed E-state index contributed by atoms with van der Waals surface area (Å²) in [4.78, 5) is 25.6. The summed E-state index contributed by atoms with van der Waals surface area (Å²) in [6.45, 7) is 3.12. The number of aliphatic carboxylic acids is 1. The highest BCUT2D eigenvalue weighted by atomic mass is 16.4. The second-order valence-corrected chi connectivity index (χ2v) is 5.71. The Morgan fingerprint density at radius 3 is 2.91 bits per heavy atom. The van der Waals surface area contributed by atoms with Gasteiger partial charge in [-0.15, -0.1) is 0 Å². The number of piperidine rings is 1. The Morgan fingerprint density at radius 2 is 2.27 bits per heavy atom. The highest BCUT2D eigenvalue weighted by molar-refractivity contribution is 5.95. The number of carboxylic acids is 1. The first-order valence-corrected chi connectivity index (χ1v) is 7.64. The molecule has 120 valence electrons. The van der Waals surface area contributed by atoms with Gasteiger partial charge >= 0.3 is 5.97 Å². The van der Waals surface area contributed by atoms with Crippen LogP contribution in [-0.2, 0) is 9.59 Å². The van der Waals surface area contributed by atoms with Crippen LogP contribution in [0.5, 0.6) is 0 Å². The normalized spacial score (nSPS) is 20.3. The number of carboxylic acid groups (broad SMARTS) is 1. The maximum atomic E-state index is 12.5. The molecule has 4 N–H and O–H groups in total. The number of carbonyl (C=O) groups excluding carboxylic acids is 1. The van der Waals surface area contributed by atoms with Crippen LogP contribution in [0.1, 0.15) is 26.2 Å². The maximum Gasteiger partial charge on any atom is 0.307 e. The van der Waals surface area contributed by atoms with Gasteiger partial charge in [-0.05, 0) is 44.0 Å². The van der Waals surface area contributed by atoms with Crippen LogP contribution in [-0.4, -0.2) is 41.0 Å². The molecule has 1 fully saturated rings. The molecule has 2 atom stereocenters. The molecule has 22 heavy (non-hydrogen) atoms. The Bertz CT molecular complexity index is 547. The number of nitrogen functional groups attached to an aromatic ring is 1. The third-order valence-corrected chi connectivity index (χ3v) is 4.09. The largest absolute Gasteiger partial charge is 0.481 e. The van der Waals surface area contributed by atoms with Gasteiger partial charge in [0.1, 0.15) is 0 Å². The maximum absolute atomic E-state index is 12.5. The molecule has 2 rings (SSSR count). The molecule has 1 aliphatic rings. The van der Waals surface area contributed by atoms with Gasteiger partial charge in [0.15, 0.2) is 0 Å². The summed E-state index contributed by atoms with van der Waals surface area (Å²) in [7, 11) is 0. The van der Waals surface area contributed by atoms with Gasteiger partial charge in [0, 0.05) is 17.9 Å². The Hall–Kier alpha value is -2.08. The lowest BCUT2D eigenvalue weighted by molar-refractivity contribution is -0.144. The molecule has 6 nitrogen and oxygen atoms in total. The number of hydrogen-bond donors (Lipinski definition) is 3. The molecule has 1 aliphatic heterocycles. The van der Waals surface area contributed by atoms with Crippen molar-refractivity contribution in [1.82, 2.24) is 4.90 Å². The van der Waals surface area contributed by atoms with E-state index >= 15 is 0 Å². The molecular formula is C16H23N3O3. The Kier molecular flexibility index (Phi) is 5.38. The van der Waals surface area contributed by atoms with Crippen molar-refractivity contribution in [2.75, 3.05) is 24.1 Å². The number of rotatable bonds is 5. The van der Waals surface area contributed by atoms with Crippen LogP contribution >= 0.6 is 0 Å². The number of amides is 1. The van der Waals surface area contributed by atoms with E-state index in [1.54, 1.807) is 24.3 Å². The van der Waals surface area contributed by atoms with Gasteiger partial charge in [-0.2, -0.15) is 0 Å². The molecule has 1 saturated heterocycles. The summed E-state index contributed by atoms with van der Waals surface area (Å²) in [5, 5.41) is 12.0. The number of carbonyl (C=O) groups is 2. The molecule has 0 bridgehead atoms. The summed E-state index contributed by atoms with van der Waals surface area (Å²) < 4.78 is 0. The van der Waals surface area contributed by atoms with Crippen molar-refractivity contribution < 1.29 is 14.7 Å². The predicted molar refractivity (Wildman–Crippen MR) is 85.5 cm³/mol. The Morgan fingerprint density at radius 1 is 1.50 bits per heavy atom. The van der Waals surface area contributed by atoms with Crippen molar-refractivity contribution >= 4 is 23.3 Å². The minimum Gasteiger partial charge on any atom is -0.481 e. The van der Waals surface area contributed by atoms with Gasteiger partial charge in [0.2, 0.25) is 5.91 Å². The first kappa shape index (κ1) is 16.3. The fourth-order valence-corrected chi connectivity index (χ4v) is 2.94. The third kappa shape index (κ3) is 3.98. The zero-order chi connectivity index (χ0) is 16.1. The summed E-state index contributed by atoms with van der Waals surface area (Å²) in [6, 6.07) is 6.73. The summed E-state index contributed by atoms with van der Waals surface area (Å²) in [5.41, 5.74) is 6.96. The van der Waals surface area contributed by atoms with Crippen LogP contribution in [0, 0.1) is 5.92 Å². The molecule has 6 heteroatoms. The van der Waals surface area contributed by atoms with E-state index in [9.17, 15) is 14.7 Å². The number of nitrogens with one attached hydrogen (secondary N) is 1. The van der Waals surface area contributed by atoms with Gasteiger partial charge in [-0.3, -0.25) is 14.5 Å². The molecule has 1 amide bonds. The van der Waals surface area contributed by atoms with E-state index in [-0.39, 0.29) is 17.9 Å². The molecule has 0 aliphatic carbocycles. The Labute approximate surface area is 130 Å². The van der Waals surface area contributed by atoms with Crippen molar-refractivity contribution in [3.63, 3.8) is 0 Å². The van der Waals surface area contributed by atoms with Crippen LogP contribution in [0.25, 0.3) is 0 Å². The van der Waals surface area contributed by atoms with E-state index in [2.05, 4.69) is 5.32 Å². The zero-order valence-electron chi connectivity index (χ0n) is 12.8. The lowest BCUT2D eigenvalue weighted by Gasteiger charge is -2.35. The third-order valence-electron chi connectivity index (χ3n) is 4.09. The van der Waals surface area contributed by atoms with E-state index in [1.807, 2.05) is 11.8 Å². The summed E-state index contributed by atoms with van der Waals surface area (Å²) >= 11 is 0. The highest BCUT2D eigenvalue weighted by Crippen LogP contribution is 2.21. The van der Waals surface area contributed by atoms with Crippen LogP contribution in [0.4, 0.5) is 11.4 Å². The molecule has 0 spiro atoms. The summed E-state index contributed by atoms with van der Waals surface area (Å²) in [6.07, 6.45) is 2.12. The standard InChI is InChI=1S/C16H23N3O3/c1-2-14(19-8-4-5-11(10-19)16(21)22)15(20)18-13-7-3-6-12(17)9-13/h3,6-7,9,11,14H,2,4-5,8,10,17H2,1H3,(H,18,20)(H,21,22). The van der Waals surface area contributed by atoms with Crippen LogP contribution in [0.2, 0.25) is 0 Å². The SMILES string of the molecule is CCC(C(=O)Nc1cccc(N)c1)N1CCCC(C(=O)O)C1. The summed E-state index contributed by atoms with van der Waals surface area (Å²) in [5.74, 6) is -1.28. The minimum atomic E-state index is -0.782. The highest BCUT2D eigenvalue weighted by Gasteiger charge is 2.32. The van der Waals surface area contributed by atoms with E-state index in [0.717, 1.165) is 13.0 Å². The Balaban J connectivity index is 2.03. The first-order chi connectivity index (χ1) is 10.5. The molecule has 2 unspecified atom stereocenters. The van der Waals surface area contributed by atoms with E-state index in [4.69, 9.17) is 5.73 Å². The van der Waals surface area contributed by atoms with Crippen molar-refractivity contribution in [3.8, 4) is 0 Å². The molecule has 1 heterocycles. The molecule has 1 aromatic rings. The molecule has 0 aromatic heterocycles. The van der Waals surface area contributed by atoms with Gasteiger partial charge in [0.05, 0.1) is 12.0 Å². The molecular weight excluding hydrogens is 282 g/mol. The number of nitrogens with two attached hydrogens (primary N) is 1. The van der Waals surface area contributed by atoms with Crippen molar-refractivity contribution in [2.24, 2.45) is 5.92 Å².